The van der Waals surface area contributed by atoms with E-state index in [1.54, 1.807) is 4.90 Å². The van der Waals surface area contributed by atoms with Gasteiger partial charge in [0.1, 0.15) is 0 Å². The number of amides is 1. The van der Waals surface area contributed by atoms with E-state index in [1.165, 1.54) is 0 Å². The Kier molecular flexibility index (Phi) is 4.77. The number of carbonyl (C=O) groups is 2. The van der Waals surface area contributed by atoms with Gasteiger partial charge in [0, 0.05) is 25.4 Å². The van der Waals surface area contributed by atoms with Crippen LogP contribution in [0.2, 0.25) is 0 Å². The molecule has 0 aromatic carbocycles. The van der Waals surface area contributed by atoms with Crippen LogP contribution in [-0.4, -0.2) is 35.0 Å². The zero-order valence-corrected chi connectivity index (χ0v) is 11.9. The highest BCUT2D eigenvalue weighted by Crippen LogP contribution is 2.27. The topological polar surface area (TPSA) is 57.6 Å². The second-order valence-corrected chi connectivity index (χ2v) is 6.84. The van der Waals surface area contributed by atoms with E-state index in [1.807, 2.05) is 0 Å². The average molecular weight is 255 g/mol. The van der Waals surface area contributed by atoms with Crippen LogP contribution >= 0.6 is 0 Å². The number of carboxylic acids is 1. The minimum atomic E-state index is -0.770. The number of nitrogens with zero attached hydrogens (tertiary/aromatic N) is 1. The zero-order chi connectivity index (χ0) is 13.9. The van der Waals surface area contributed by atoms with Crippen LogP contribution in [0.3, 0.4) is 0 Å². The van der Waals surface area contributed by atoms with Crippen molar-refractivity contribution < 1.29 is 14.7 Å². The Morgan fingerprint density at radius 2 is 1.89 bits per heavy atom. The first-order valence-electron chi connectivity index (χ1n) is 6.67. The molecule has 1 rings (SSSR count). The third-order valence-corrected chi connectivity index (χ3v) is 3.26. The van der Waals surface area contributed by atoms with Crippen LogP contribution in [0, 0.1) is 17.3 Å². The second-order valence-electron chi connectivity index (χ2n) is 6.84. The first kappa shape index (κ1) is 15.0. The van der Waals surface area contributed by atoms with E-state index in [4.69, 9.17) is 5.11 Å². The van der Waals surface area contributed by atoms with Crippen LogP contribution in [0.1, 0.15) is 47.0 Å². The Balaban J connectivity index is 2.25. The third-order valence-electron chi connectivity index (χ3n) is 3.26. The lowest BCUT2D eigenvalue weighted by Crippen LogP contribution is -2.50. The molecule has 104 valence electrons. The summed E-state index contributed by atoms with van der Waals surface area (Å²) in [6.07, 6.45) is 1.80. The van der Waals surface area contributed by atoms with Gasteiger partial charge < -0.3 is 10.0 Å². The van der Waals surface area contributed by atoms with Crippen LogP contribution in [0.5, 0.6) is 0 Å². The number of rotatable bonds is 5. The molecule has 0 aliphatic carbocycles. The smallest absolute Gasteiger partial charge is 0.303 e. The molecule has 1 heterocycles. The van der Waals surface area contributed by atoms with Crippen molar-refractivity contribution in [3.05, 3.63) is 0 Å². The van der Waals surface area contributed by atoms with Crippen molar-refractivity contribution in [2.75, 3.05) is 13.1 Å². The normalized spacial score (nSPS) is 18.3. The van der Waals surface area contributed by atoms with Gasteiger partial charge in [-0.1, -0.05) is 27.7 Å². The SMILES string of the molecule is CC(CC(=O)N1CC(CC(=O)O)C1)CC(C)(C)C. The molecule has 4 nitrogen and oxygen atoms in total. The van der Waals surface area contributed by atoms with Crippen molar-refractivity contribution in [3.63, 3.8) is 0 Å². The van der Waals surface area contributed by atoms with Crippen molar-refractivity contribution in [2.45, 2.75) is 47.0 Å². The highest BCUT2D eigenvalue weighted by molar-refractivity contribution is 5.77. The van der Waals surface area contributed by atoms with E-state index in [0.29, 0.717) is 25.4 Å². The molecule has 4 heteroatoms. The number of hydrogen-bond donors (Lipinski definition) is 1. The summed E-state index contributed by atoms with van der Waals surface area (Å²) in [4.78, 5) is 24.2. The summed E-state index contributed by atoms with van der Waals surface area (Å²) in [5.41, 5.74) is 0.250. The Morgan fingerprint density at radius 1 is 1.33 bits per heavy atom. The molecule has 1 saturated heterocycles. The predicted molar refractivity (Wildman–Crippen MR) is 70.2 cm³/mol. The largest absolute Gasteiger partial charge is 0.481 e. The second kappa shape index (κ2) is 5.72. The molecule has 1 atom stereocenters. The fraction of sp³-hybridized carbons (Fsp3) is 0.857. The van der Waals surface area contributed by atoms with Crippen molar-refractivity contribution in [1.82, 2.24) is 4.90 Å². The van der Waals surface area contributed by atoms with Gasteiger partial charge in [0.05, 0.1) is 6.42 Å². The van der Waals surface area contributed by atoms with Gasteiger partial charge in [0.15, 0.2) is 0 Å². The summed E-state index contributed by atoms with van der Waals surface area (Å²) < 4.78 is 0. The molecular weight excluding hydrogens is 230 g/mol. The third kappa shape index (κ3) is 5.07. The molecule has 0 radical (unpaired) electrons. The number of hydrogen-bond acceptors (Lipinski definition) is 2. The van der Waals surface area contributed by atoms with Crippen molar-refractivity contribution in [3.8, 4) is 0 Å². The molecule has 1 fully saturated rings. The van der Waals surface area contributed by atoms with Crippen LogP contribution in [0.15, 0.2) is 0 Å². The Bertz CT molecular complexity index is 313. The fourth-order valence-electron chi connectivity index (χ4n) is 2.69. The number of likely N-dealkylation sites (tertiary alicyclic amines) is 1. The molecule has 1 aliphatic rings. The first-order chi connectivity index (χ1) is 8.17. The standard InChI is InChI=1S/C14H25NO3/c1-10(7-14(2,3)4)5-12(16)15-8-11(9-15)6-13(17)18/h10-11H,5-9H2,1-4H3,(H,17,18). The van der Waals surface area contributed by atoms with E-state index in [-0.39, 0.29) is 23.7 Å². The molecule has 18 heavy (non-hydrogen) atoms. The molecule has 1 amide bonds. The lowest BCUT2D eigenvalue weighted by Gasteiger charge is -2.39. The summed E-state index contributed by atoms with van der Waals surface area (Å²) in [5, 5.41) is 8.64. The van der Waals surface area contributed by atoms with Crippen LogP contribution in [0.25, 0.3) is 0 Å². The maximum absolute atomic E-state index is 11.9. The van der Waals surface area contributed by atoms with E-state index >= 15 is 0 Å². The molecule has 0 aromatic rings. The van der Waals surface area contributed by atoms with Crippen LogP contribution < -0.4 is 0 Å². The molecule has 0 saturated carbocycles. The lowest BCUT2D eigenvalue weighted by molar-refractivity contribution is -0.145. The van der Waals surface area contributed by atoms with E-state index in [9.17, 15) is 9.59 Å². The quantitative estimate of drug-likeness (QED) is 0.820. The van der Waals surface area contributed by atoms with Gasteiger partial charge >= 0.3 is 5.97 Å². The van der Waals surface area contributed by atoms with Gasteiger partial charge in [-0.3, -0.25) is 9.59 Å². The summed E-state index contributed by atoms with van der Waals surface area (Å²) in [5.74, 6) is -0.0537. The Labute approximate surface area is 109 Å². The van der Waals surface area contributed by atoms with E-state index < -0.39 is 5.97 Å². The van der Waals surface area contributed by atoms with Gasteiger partial charge in [-0.15, -0.1) is 0 Å². The van der Waals surface area contributed by atoms with Gasteiger partial charge in [-0.2, -0.15) is 0 Å². The monoisotopic (exact) mass is 255 g/mol. The van der Waals surface area contributed by atoms with E-state index in [2.05, 4.69) is 27.7 Å². The van der Waals surface area contributed by atoms with Crippen LogP contribution in [-0.2, 0) is 9.59 Å². The van der Waals surface area contributed by atoms with E-state index in [0.717, 1.165) is 6.42 Å². The Hall–Kier alpha value is -1.06. The minimum Gasteiger partial charge on any atom is -0.481 e. The Morgan fingerprint density at radius 3 is 2.33 bits per heavy atom. The number of aliphatic carboxylic acids is 1. The summed E-state index contributed by atoms with van der Waals surface area (Å²) in [7, 11) is 0. The summed E-state index contributed by atoms with van der Waals surface area (Å²) in [6, 6.07) is 0. The average Bonchev–Trinajstić information content (AvgIpc) is 2.05. The highest BCUT2D eigenvalue weighted by atomic mass is 16.4. The number of carbonyl (C=O) groups excluding carboxylic acids is 1. The first-order valence-corrected chi connectivity index (χ1v) is 6.67. The summed E-state index contributed by atoms with van der Waals surface area (Å²) >= 11 is 0. The van der Waals surface area contributed by atoms with Gasteiger partial charge in [0.2, 0.25) is 5.91 Å². The van der Waals surface area contributed by atoms with Crippen molar-refractivity contribution in [2.24, 2.45) is 17.3 Å². The predicted octanol–water partition coefficient (Wildman–Crippen LogP) is 2.38. The van der Waals surface area contributed by atoms with Gasteiger partial charge in [-0.25, -0.2) is 0 Å². The molecule has 0 spiro atoms. The maximum Gasteiger partial charge on any atom is 0.303 e. The van der Waals surface area contributed by atoms with Crippen molar-refractivity contribution >= 4 is 11.9 Å². The van der Waals surface area contributed by atoms with Crippen molar-refractivity contribution in [1.29, 1.82) is 0 Å². The molecule has 0 aromatic heterocycles. The van der Waals surface area contributed by atoms with Gasteiger partial charge in [-0.05, 0) is 17.8 Å². The molecular formula is C14H25NO3. The zero-order valence-electron chi connectivity index (χ0n) is 11.9. The van der Waals surface area contributed by atoms with Crippen LogP contribution in [0.4, 0.5) is 0 Å². The molecule has 0 bridgehead atoms. The molecule has 1 N–H and O–H groups in total. The van der Waals surface area contributed by atoms with Gasteiger partial charge in [0.25, 0.3) is 0 Å². The number of carboxylic acid groups (broad SMARTS) is 1. The molecule has 1 aliphatic heterocycles. The molecule has 1 unspecified atom stereocenters. The lowest BCUT2D eigenvalue weighted by atomic mass is 9.83. The maximum atomic E-state index is 11.9. The fourth-order valence-corrected chi connectivity index (χ4v) is 2.69. The minimum absolute atomic E-state index is 0.157. The summed E-state index contributed by atoms with van der Waals surface area (Å²) in [6.45, 7) is 9.89. The highest BCUT2D eigenvalue weighted by Gasteiger charge is 2.32.